The van der Waals surface area contributed by atoms with E-state index >= 15 is 0 Å². The van der Waals surface area contributed by atoms with Gasteiger partial charge in [-0.25, -0.2) is 8.42 Å². The fourth-order valence-corrected chi connectivity index (χ4v) is 1.43. The van der Waals surface area contributed by atoms with Crippen LogP contribution in [0.2, 0.25) is 0 Å². The fourth-order valence-electron chi connectivity index (χ4n) is 0.477. The maximum absolute atomic E-state index is 10.8. The van der Waals surface area contributed by atoms with Crippen LogP contribution in [0.4, 0.5) is 0 Å². The van der Waals surface area contributed by atoms with E-state index in [-0.39, 0.29) is 0 Å². The Morgan fingerprint density at radius 1 is 1.40 bits per heavy atom. The summed E-state index contributed by atoms with van der Waals surface area (Å²) in [7, 11) is -3.20. The lowest BCUT2D eigenvalue weighted by Gasteiger charge is -1.88. The summed E-state index contributed by atoms with van der Waals surface area (Å²) in [4.78, 5) is 0. The molecule has 0 saturated carbocycles. The van der Waals surface area contributed by atoms with Crippen molar-refractivity contribution in [1.29, 1.82) is 0 Å². The van der Waals surface area contributed by atoms with E-state index in [4.69, 9.17) is 5.73 Å². The van der Waals surface area contributed by atoms with Gasteiger partial charge in [0.2, 0.25) is 0 Å². The highest BCUT2D eigenvalue weighted by atomic mass is 32.2. The van der Waals surface area contributed by atoms with Gasteiger partial charge in [-0.1, -0.05) is 5.57 Å². The summed E-state index contributed by atoms with van der Waals surface area (Å²) >= 11 is 0. The van der Waals surface area contributed by atoms with Gasteiger partial charge in [-0.05, 0) is 13.8 Å². The first-order valence-corrected chi connectivity index (χ1v) is 4.37. The van der Waals surface area contributed by atoms with Gasteiger partial charge in [0.1, 0.15) is 0 Å². The van der Waals surface area contributed by atoms with Crippen molar-refractivity contribution >= 4 is 9.84 Å². The molecule has 0 heterocycles. The average Bonchev–Trinajstić information content (AvgIpc) is 1.59. The van der Waals surface area contributed by atoms with E-state index in [0.717, 1.165) is 22.6 Å². The van der Waals surface area contributed by atoms with Crippen LogP contribution in [0, 0.1) is 0 Å². The zero-order chi connectivity index (χ0) is 8.20. The van der Waals surface area contributed by atoms with Crippen molar-refractivity contribution in [3.63, 3.8) is 0 Å². The highest BCUT2D eigenvalue weighted by Gasteiger charge is 1.97. The molecule has 0 aromatic carbocycles. The first-order chi connectivity index (χ1) is 4.48. The lowest BCUT2D eigenvalue weighted by atomic mass is 10.4. The minimum atomic E-state index is -3.20. The lowest BCUT2D eigenvalue weighted by molar-refractivity contribution is 0.612. The first-order valence-electron chi connectivity index (χ1n) is 2.76. The molecule has 0 aliphatic heterocycles. The van der Waals surface area contributed by atoms with Gasteiger partial charge < -0.3 is 5.73 Å². The topological polar surface area (TPSA) is 60.2 Å². The largest absolute Gasteiger partial charge is 0.404 e. The van der Waals surface area contributed by atoms with Crippen molar-refractivity contribution in [2.24, 2.45) is 5.73 Å². The minimum absolute atomic E-state index is 0.734. The summed E-state index contributed by atoms with van der Waals surface area (Å²) < 4.78 is 21.6. The number of hydrogen-bond acceptors (Lipinski definition) is 3. The normalized spacial score (nSPS) is 11.8. The molecule has 3 nitrogen and oxygen atoms in total. The van der Waals surface area contributed by atoms with Crippen molar-refractivity contribution in [2.75, 3.05) is 0 Å². The Kier molecular flexibility index (Phi) is 3.15. The predicted molar refractivity (Wildman–Crippen MR) is 41.7 cm³/mol. The third kappa shape index (κ3) is 4.14. The quantitative estimate of drug-likeness (QED) is 0.650. The molecular weight excluding hydrogens is 150 g/mol. The smallest absolute Gasteiger partial charge is 0.194 e. The molecule has 0 aliphatic carbocycles. The summed E-state index contributed by atoms with van der Waals surface area (Å²) in [6.45, 7) is 3.42. The molecule has 10 heavy (non-hydrogen) atoms. The minimum Gasteiger partial charge on any atom is -0.404 e. The maximum Gasteiger partial charge on any atom is 0.194 e. The Morgan fingerprint density at radius 3 is 2.20 bits per heavy atom. The number of hydrogen-bond donors (Lipinski definition) is 1. The Hall–Kier alpha value is -0.770. The average molecular weight is 161 g/mol. The van der Waals surface area contributed by atoms with Gasteiger partial charge in [-0.15, -0.1) is 0 Å². The Bertz CT molecular complexity index is 245. The van der Waals surface area contributed by atoms with Gasteiger partial charge >= 0.3 is 0 Å². The molecule has 0 aromatic rings. The standard InChI is InChI=1S/C6H11NO2S/c1-6(2)5-10(8,9)4-3-7/h3-5H,7H2,1-2H3/b4-3-. The second-order valence-electron chi connectivity index (χ2n) is 2.11. The zero-order valence-electron chi connectivity index (χ0n) is 6.03. The summed E-state index contributed by atoms with van der Waals surface area (Å²) in [6, 6.07) is 0. The first kappa shape index (κ1) is 9.23. The molecule has 0 aliphatic rings. The van der Waals surface area contributed by atoms with E-state index in [1.807, 2.05) is 0 Å². The van der Waals surface area contributed by atoms with E-state index in [1.54, 1.807) is 13.8 Å². The molecule has 0 saturated heterocycles. The fraction of sp³-hybridized carbons (Fsp3) is 0.333. The van der Waals surface area contributed by atoms with Crippen LogP contribution in [0.3, 0.4) is 0 Å². The van der Waals surface area contributed by atoms with Gasteiger partial charge in [-0.2, -0.15) is 0 Å². The van der Waals surface area contributed by atoms with Crippen molar-refractivity contribution in [3.05, 3.63) is 22.6 Å². The van der Waals surface area contributed by atoms with E-state index in [9.17, 15) is 8.42 Å². The van der Waals surface area contributed by atoms with Crippen LogP contribution in [-0.2, 0) is 9.84 Å². The Labute approximate surface area is 61.2 Å². The molecule has 0 spiro atoms. The molecule has 0 bridgehead atoms. The Morgan fingerprint density at radius 2 is 1.90 bits per heavy atom. The van der Waals surface area contributed by atoms with Gasteiger partial charge in [0.15, 0.2) is 9.84 Å². The van der Waals surface area contributed by atoms with Gasteiger partial charge in [0.05, 0.1) is 5.41 Å². The highest BCUT2D eigenvalue weighted by molar-refractivity contribution is 7.97. The van der Waals surface area contributed by atoms with E-state index in [0.29, 0.717) is 0 Å². The van der Waals surface area contributed by atoms with E-state index in [1.165, 1.54) is 0 Å². The van der Waals surface area contributed by atoms with Crippen LogP contribution in [0.25, 0.3) is 0 Å². The number of nitrogens with two attached hydrogens (primary N) is 1. The third-order valence-corrected chi connectivity index (χ3v) is 2.00. The van der Waals surface area contributed by atoms with Crippen molar-refractivity contribution < 1.29 is 8.42 Å². The molecule has 0 rings (SSSR count). The SMILES string of the molecule is CC(C)=CS(=O)(=O)/C=C\N. The molecule has 0 unspecified atom stereocenters. The number of rotatable bonds is 2. The second kappa shape index (κ2) is 3.41. The highest BCUT2D eigenvalue weighted by Crippen LogP contribution is 1.98. The molecule has 0 amide bonds. The third-order valence-electron chi connectivity index (χ3n) is 0.668. The van der Waals surface area contributed by atoms with Gasteiger partial charge in [0, 0.05) is 11.6 Å². The molecule has 2 N–H and O–H groups in total. The Balaban J connectivity index is 4.62. The van der Waals surface area contributed by atoms with E-state index < -0.39 is 9.84 Å². The maximum atomic E-state index is 10.8. The van der Waals surface area contributed by atoms with Crippen LogP contribution < -0.4 is 5.73 Å². The van der Waals surface area contributed by atoms with Crippen LogP contribution in [0.5, 0.6) is 0 Å². The summed E-state index contributed by atoms with van der Waals surface area (Å²) in [5.74, 6) is 0. The van der Waals surface area contributed by atoms with Crippen LogP contribution in [0.1, 0.15) is 13.8 Å². The van der Waals surface area contributed by atoms with Crippen molar-refractivity contribution in [2.45, 2.75) is 13.8 Å². The molecular formula is C6H11NO2S. The monoisotopic (exact) mass is 161 g/mol. The molecule has 0 fully saturated rings. The molecule has 0 aromatic heterocycles. The molecule has 0 radical (unpaired) electrons. The molecule has 58 valence electrons. The summed E-state index contributed by atoms with van der Waals surface area (Å²) in [6.07, 6.45) is 1.01. The van der Waals surface area contributed by atoms with Crippen molar-refractivity contribution in [3.8, 4) is 0 Å². The number of sulfone groups is 1. The summed E-state index contributed by atoms with van der Waals surface area (Å²) in [5.41, 5.74) is 5.64. The summed E-state index contributed by atoms with van der Waals surface area (Å²) in [5, 5.41) is 2.12. The zero-order valence-corrected chi connectivity index (χ0v) is 6.85. The molecule has 0 atom stereocenters. The predicted octanol–water partition coefficient (Wildman–Crippen LogP) is 0.755. The second-order valence-corrected chi connectivity index (χ2v) is 3.80. The van der Waals surface area contributed by atoms with Gasteiger partial charge in [-0.3, -0.25) is 0 Å². The molecule has 4 heteroatoms. The van der Waals surface area contributed by atoms with Crippen LogP contribution in [0.15, 0.2) is 22.6 Å². The lowest BCUT2D eigenvalue weighted by Crippen LogP contribution is -1.91. The van der Waals surface area contributed by atoms with Gasteiger partial charge in [0.25, 0.3) is 0 Å². The number of allylic oxidation sites excluding steroid dienone is 1. The van der Waals surface area contributed by atoms with Crippen LogP contribution >= 0.6 is 0 Å². The van der Waals surface area contributed by atoms with E-state index in [2.05, 4.69) is 0 Å². The van der Waals surface area contributed by atoms with Crippen LogP contribution in [-0.4, -0.2) is 8.42 Å². The van der Waals surface area contributed by atoms with Crippen molar-refractivity contribution in [1.82, 2.24) is 0 Å².